The molecule has 4 N–H and O–H groups in total. The molecule has 2 aromatic carbocycles. The number of carbonyl (C=O) groups excluding carboxylic acids is 1. The number of nitrogens with two attached hydrogens (primary N) is 1. The summed E-state index contributed by atoms with van der Waals surface area (Å²) in [5.74, 6) is 0.232. The number of nitrogens with one attached hydrogen (secondary N) is 2. The van der Waals surface area contributed by atoms with Crippen LogP contribution in [0.1, 0.15) is 41.1 Å². The number of amides is 1. The normalized spacial score (nSPS) is 19.2. The molecule has 0 aliphatic carbocycles. The van der Waals surface area contributed by atoms with Crippen molar-refractivity contribution in [3.63, 3.8) is 0 Å². The smallest absolute Gasteiger partial charge is 0.250 e. The molecule has 4 rings (SSSR count). The molecule has 0 aromatic heterocycles. The van der Waals surface area contributed by atoms with E-state index in [0.717, 1.165) is 41.8 Å². The van der Waals surface area contributed by atoms with E-state index in [1.165, 1.54) is 7.11 Å². The lowest BCUT2D eigenvalue weighted by molar-refractivity contribution is 0.0921. The Balaban J connectivity index is 1.50. The number of anilines is 1. The van der Waals surface area contributed by atoms with Gasteiger partial charge in [0, 0.05) is 32.1 Å². The van der Waals surface area contributed by atoms with Crippen LogP contribution in [0.4, 0.5) is 5.69 Å². The zero-order chi connectivity index (χ0) is 23.4. The Labute approximate surface area is 195 Å². The Kier molecular flexibility index (Phi) is 7.33. The number of primary amides is 1. The third kappa shape index (κ3) is 5.22. The van der Waals surface area contributed by atoms with Gasteiger partial charge in [-0.1, -0.05) is 30.3 Å². The molecular formula is C24H32N4O4S. The highest BCUT2D eigenvalue weighted by atomic mass is 32.2. The molecule has 2 aliphatic rings. The number of fused-ring (bicyclic) bond motifs is 1. The molecular weight excluding hydrogens is 440 g/mol. The van der Waals surface area contributed by atoms with Crippen molar-refractivity contribution in [3.05, 3.63) is 53.6 Å². The van der Waals surface area contributed by atoms with Crippen LogP contribution >= 0.6 is 0 Å². The lowest BCUT2D eigenvalue weighted by atomic mass is 9.80. The van der Waals surface area contributed by atoms with Crippen LogP contribution in [-0.4, -0.2) is 57.7 Å². The summed E-state index contributed by atoms with van der Waals surface area (Å²) in [4.78, 5) is 17.0. The Bertz CT molecular complexity index is 1080. The number of carbonyl (C=O) groups is 1. The highest BCUT2D eigenvalue weighted by Gasteiger charge is 2.36. The van der Waals surface area contributed by atoms with Gasteiger partial charge in [-0.3, -0.25) is 4.79 Å². The van der Waals surface area contributed by atoms with Gasteiger partial charge in [-0.15, -0.1) is 0 Å². The third-order valence-electron chi connectivity index (χ3n) is 6.73. The molecule has 1 atom stereocenters. The Hall–Kier alpha value is -2.46. The van der Waals surface area contributed by atoms with Crippen LogP contribution in [0.2, 0.25) is 0 Å². The molecule has 1 amide bonds. The quantitative estimate of drug-likeness (QED) is 0.382. The van der Waals surface area contributed by atoms with Gasteiger partial charge in [0.15, 0.2) is 0 Å². The molecule has 2 aliphatic heterocycles. The minimum atomic E-state index is -3.27. The first kappa shape index (κ1) is 23.7. The monoisotopic (exact) mass is 472 g/mol. The van der Waals surface area contributed by atoms with E-state index in [1.54, 1.807) is 4.31 Å². The summed E-state index contributed by atoms with van der Waals surface area (Å²) >= 11 is 0. The zero-order valence-electron chi connectivity index (χ0n) is 18.9. The van der Waals surface area contributed by atoms with Crippen LogP contribution in [0.5, 0.6) is 0 Å². The van der Waals surface area contributed by atoms with Gasteiger partial charge in [-0.05, 0) is 54.0 Å². The third-order valence-corrected chi connectivity index (χ3v) is 8.68. The molecule has 0 bridgehead atoms. The maximum absolute atomic E-state index is 12.7. The summed E-state index contributed by atoms with van der Waals surface area (Å²) in [7, 11) is -1.75. The van der Waals surface area contributed by atoms with Gasteiger partial charge >= 0.3 is 0 Å². The predicted molar refractivity (Wildman–Crippen MR) is 129 cm³/mol. The average Bonchev–Trinajstić information content (AvgIpc) is 3.26. The molecule has 1 unspecified atom stereocenters. The second-order valence-corrected chi connectivity index (χ2v) is 10.8. The lowest BCUT2D eigenvalue weighted by Crippen LogP contribution is -2.41. The van der Waals surface area contributed by atoms with Crippen LogP contribution in [-0.2, 0) is 14.9 Å². The summed E-state index contributed by atoms with van der Waals surface area (Å²) in [6.07, 6.45) is 2.10. The van der Waals surface area contributed by atoms with Crippen molar-refractivity contribution in [2.75, 3.05) is 44.4 Å². The summed E-state index contributed by atoms with van der Waals surface area (Å²) in [5, 5.41) is 3.41. The van der Waals surface area contributed by atoms with E-state index in [-0.39, 0.29) is 11.7 Å². The number of benzene rings is 2. The van der Waals surface area contributed by atoms with Crippen molar-refractivity contribution in [2.24, 2.45) is 11.7 Å². The van der Waals surface area contributed by atoms with Crippen molar-refractivity contribution in [3.8, 4) is 11.1 Å². The van der Waals surface area contributed by atoms with Crippen molar-refractivity contribution < 1.29 is 18.0 Å². The number of hydrogen-bond acceptors (Lipinski definition) is 6. The lowest BCUT2D eigenvalue weighted by Gasteiger charge is -2.34. The fourth-order valence-corrected chi connectivity index (χ4v) is 6.54. The standard InChI is InChI=1S/C24H32N4O4S/c1-32-27-10-5-13-33(30,31)28-11-8-18(9-12-28)22-16-26-23-20(22)14-19(15-21(23)24(25)29)17-6-3-2-4-7-17/h2-4,6-7,14-15,18,22,26-27H,5,8-13,16H2,1H3,(H2,25,29). The molecule has 8 nitrogen and oxygen atoms in total. The highest BCUT2D eigenvalue weighted by Crippen LogP contribution is 2.44. The van der Waals surface area contributed by atoms with Crippen LogP contribution in [0.3, 0.4) is 0 Å². The van der Waals surface area contributed by atoms with E-state index < -0.39 is 15.9 Å². The number of hydrogen-bond donors (Lipinski definition) is 3. The van der Waals surface area contributed by atoms with E-state index >= 15 is 0 Å². The molecule has 1 saturated heterocycles. The van der Waals surface area contributed by atoms with Gasteiger partial charge in [-0.2, -0.15) is 0 Å². The molecule has 0 radical (unpaired) electrons. The summed E-state index contributed by atoms with van der Waals surface area (Å²) in [5.41, 5.74) is 12.9. The van der Waals surface area contributed by atoms with Crippen molar-refractivity contribution in [1.29, 1.82) is 0 Å². The van der Waals surface area contributed by atoms with Gasteiger partial charge in [0.05, 0.1) is 24.1 Å². The highest BCUT2D eigenvalue weighted by molar-refractivity contribution is 7.89. The Morgan fingerprint density at radius 3 is 2.58 bits per heavy atom. The number of sulfonamides is 1. The zero-order valence-corrected chi connectivity index (χ0v) is 19.7. The van der Waals surface area contributed by atoms with Crippen LogP contribution in [0.25, 0.3) is 11.1 Å². The minimum absolute atomic E-state index is 0.115. The second kappa shape index (κ2) is 10.2. The first-order chi connectivity index (χ1) is 15.9. The van der Waals surface area contributed by atoms with E-state index in [1.807, 2.05) is 36.4 Å². The summed E-state index contributed by atoms with van der Waals surface area (Å²) in [6.45, 7) is 2.28. The Morgan fingerprint density at radius 1 is 1.18 bits per heavy atom. The van der Waals surface area contributed by atoms with Gasteiger partial charge in [0.25, 0.3) is 5.91 Å². The van der Waals surface area contributed by atoms with Crippen LogP contribution in [0.15, 0.2) is 42.5 Å². The maximum Gasteiger partial charge on any atom is 0.250 e. The summed E-state index contributed by atoms with van der Waals surface area (Å²) < 4.78 is 27.0. The van der Waals surface area contributed by atoms with Gasteiger partial charge < -0.3 is 15.9 Å². The predicted octanol–water partition coefficient (Wildman–Crippen LogP) is 2.54. The van der Waals surface area contributed by atoms with Crippen molar-refractivity contribution in [2.45, 2.75) is 25.2 Å². The largest absolute Gasteiger partial charge is 0.384 e. The summed E-state index contributed by atoms with van der Waals surface area (Å²) in [6, 6.07) is 14.0. The maximum atomic E-state index is 12.7. The molecule has 2 aromatic rings. The first-order valence-corrected chi connectivity index (χ1v) is 13.0. The van der Waals surface area contributed by atoms with Gasteiger partial charge in [0.2, 0.25) is 10.0 Å². The number of rotatable bonds is 9. The number of hydroxylamine groups is 1. The molecule has 178 valence electrons. The average molecular weight is 473 g/mol. The van der Waals surface area contributed by atoms with E-state index in [2.05, 4.69) is 16.9 Å². The van der Waals surface area contributed by atoms with Crippen LogP contribution in [0, 0.1) is 5.92 Å². The molecule has 1 fully saturated rings. The molecule has 2 heterocycles. The Morgan fingerprint density at radius 2 is 1.91 bits per heavy atom. The molecule has 9 heteroatoms. The number of nitrogens with zero attached hydrogens (tertiary/aromatic N) is 1. The molecule has 0 saturated carbocycles. The van der Waals surface area contributed by atoms with E-state index in [4.69, 9.17) is 10.6 Å². The van der Waals surface area contributed by atoms with E-state index in [9.17, 15) is 13.2 Å². The fourth-order valence-electron chi connectivity index (χ4n) is 5.00. The minimum Gasteiger partial charge on any atom is -0.384 e. The van der Waals surface area contributed by atoms with Crippen molar-refractivity contribution >= 4 is 21.6 Å². The molecule has 0 spiro atoms. The topological polar surface area (TPSA) is 114 Å². The van der Waals surface area contributed by atoms with Gasteiger partial charge in [-0.25, -0.2) is 18.2 Å². The van der Waals surface area contributed by atoms with Crippen molar-refractivity contribution in [1.82, 2.24) is 9.79 Å². The van der Waals surface area contributed by atoms with Crippen LogP contribution < -0.4 is 16.5 Å². The molecule has 33 heavy (non-hydrogen) atoms. The van der Waals surface area contributed by atoms with Gasteiger partial charge in [0.1, 0.15) is 0 Å². The SMILES string of the molecule is CONCCCS(=O)(=O)N1CCC(C2CNc3c(C(N)=O)cc(-c4ccccc4)cc32)CC1. The number of piperidine rings is 1. The first-order valence-electron chi connectivity index (χ1n) is 11.4. The fraction of sp³-hybridized carbons (Fsp3) is 0.458. The van der Waals surface area contributed by atoms with E-state index in [0.29, 0.717) is 37.5 Å². The second-order valence-electron chi connectivity index (χ2n) is 8.71.